The molecule has 0 aliphatic carbocycles. The van der Waals surface area contributed by atoms with Crippen LogP contribution in [-0.4, -0.2) is 24.4 Å². The van der Waals surface area contributed by atoms with E-state index in [4.69, 9.17) is 9.47 Å². The lowest BCUT2D eigenvalue weighted by Crippen LogP contribution is -2.50. The second kappa shape index (κ2) is 7.73. The van der Waals surface area contributed by atoms with Crippen molar-refractivity contribution in [1.29, 1.82) is 0 Å². The largest absolute Gasteiger partial charge is 0.462 e. The van der Waals surface area contributed by atoms with Crippen molar-refractivity contribution in [3.05, 3.63) is 59.7 Å². The zero-order chi connectivity index (χ0) is 21.2. The third-order valence-corrected chi connectivity index (χ3v) is 3.76. The summed E-state index contributed by atoms with van der Waals surface area (Å²) in [5.41, 5.74) is -1.00. The van der Waals surface area contributed by atoms with Gasteiger partial charge in [-0.2, -0.15) is 26.3 Å². The summed E-state index contributed by atoms with van der Waals surface area (Å²) in [7, 11) is 0. The SMILES string of the molecule is CCOC(=O)c1ccc(Oc2ccc(C(F)(F)C(F)(F)C(C)(F)F)cc2)cc1. The molecule has 9 heteroatoms. The first-order chi connectivity index (χ1) is 12.9. The summed E-state index contributed by atoms with van der Waals surface area (Å²) in [4.78, 5) is 11.5. The second-order valence-electron chi connectivity index (χ2n) is 5.91. The van der Waals surface area contributed by atoms with E-state index in [1.165, 1.54) is 24.3 Å². The first-order valence-corrected chi connectivity index (χ1v) is 8.09. The molecule has 152 valence electrons. The molecule has 0 aliphatic rings. The molecule has 28 heavy (non-hydrogen) atoms. The molecule has 0 spiro atoms. The molecule has 0 N–H and O–H groups in total. The summed E-state index contributed by atoms with van der Waals surface area (Å²) < 4.78 is 90.5. The van der Waals surface area contributed by atoms with E-state index in [2.05, 4.69) is 0 Å². The smallest absolute Gasteiger partial charge is 0.375 e. The summed E-state index contributed by atoms with van der Waals surface area (Å²) >= 11 is 0. The molecule has 0 saturated carbocycles. The minimum absolute atomic E-state index is 0.00927. The fourth-order valence-electron chi connectivity index (χ4n) is 2.20. The van der Waals surface area contributed by atoms with Crippen molar-refractivity contribution in [2.75, 3.05) is 6.61 Å². The second-order valence-corrected chi connectivity index (χ2v) is 5.91. The topological polar surface area (TPSA) is 35.5 Å². The Morgan fingerprint density at radius 2 is 1.32 bits per heavy atom. The van der Waals surface area contributed by atoms with E-state index < -0.39 is 29.3 Å². The molecular formula is C19H16F6O3. The van der Waals surface area contributed by atoms with Crippen molar-refractivity contribution < 1.29 is 40.6 Å². The van der Waals surface area contributed by atoms with Gasteiger partial charge >= 0.3 is 23.7 Å². The Hall–Kier alpha value is -2.71. The first kappa shape index (κ1) is 21.6. The predicted molar refractivity (Wildman–Crippen MR) is 88.4 cm³/mol. The van der Waals surface area contributed by atoms with Crippen LogP contribution in [0.15, 0.2) is 48.5 Å². The van der Waals surface area contributed by atoms with Gasteiger partial charge in [0.2, 0.25) is 0 Å². The van der Waals surface area contributed by atoms with Crippen LogP contribution in [0, 0.1) is 0 Å². The first-order valence-electron chi connectivity index (χ1n) is 8.09. The van der Waals surface area contributed by atoms with Gasteiger partial charge in [0.15, 0.2) is 0 Å². The molecule has 2 aromatic rings. The van der Waals surface area contributed by atoms with E-state index in [1.807, 2.05) is 0 Å². The van der Waals surface area contributed by atoms with Crippen LogP contribution in [0.25, 0.3) is 0 Å². The van der Waals surface area contributed by atoms with Gasteiger partial charge in [0.05, 0.1) is 12.2 Å². The highest BCUT2D eigenvalue weighted by molar-refractivity contribution is 5.89. The van der Waals surface area contributed by atoms with Crippen LogP contribution in [0.2, 0.25) is 0 Å². The molecule has 0 fully saturated rings. The van der Waals surface area contributed by atoms with Crippen molar-refractivity contribution in [2.24, 2.45) is 0 Å². The molecule has 2 aromatic carbocycles. The number of halogens is 6. The molecule has 0 radical (unpaired) electrons. The number of ether oxygens (including phenoxy) is 2. The van der Waals surface area contributed by atoms with Crippen molar-refractivity contribution in [3.8, 4) is 11.5 Å². The number of carbonyl (C=O) groups excluding carboxylic acids is 1. The maximum absolute atomic E-state index is 13.9. The number of benzene rings is 2. The molecule has 0 atom stereocenters. The summed E-state index contributed by atoms with van der Waals surface area (Å²) in [5.74, 6) is -15.8. The molecule has 0 amide bonds. The minimum Gasteiger partial charge on any atom is -0.462 e. The molecule has 0 bridgehead atoms. The van der Waals surface area contributed by atoms with Crippen LogP contribution in [0.1, 0.15) is 29.8 Å². The Labute approximate surface area is 156 Å². The lowest BCUT2D eigenvalue weighted by Gasteiger charge is -2.31. The number of hydrogen-bond donors (Lipinski definition) is 0. The lowest BCUT2D eigenvalue weighted by atomic mass is 9.98. The predicted octanol–water partition coefficient (Wildman–Crippen LogP) is 6.04. The van der Waals surface area contributed by atoms with Crippen molar-refractivity contribution in [2.45, 2.75) is 31.6 Å². The zero-order valence-corrected chi connectivity index (χ0v) is 14.8. The fraction of sp³-hybridized carbons (Fsp3) is 0.316. The third-order valence-electron chi connectivity index (χ3n) is 3.76. The Kier molecular flexibility index (Phi) is 5.96. The monoisotopic (exact) mass is 406 g/mol. The maximum Gasteiger partial charge on any atom is 0.375 e. The van der Waals surface area contributed by atoms with E-state index in [9.17, 15) is 31.1 Å². The van der Waals surface area contributed by atoms with Crippen LogP contribution < -0.4 is 4.74 Å². The average Bonchev–Trinajstić information content (AvgIpc) is 2.62. The van der Waals surface area contributed by atoms with Gasteiger partial charge in [-0.3, -0.25) is 0 Å². The van der Waals surface area contributed by atoms with Crippen molar-refractivity contribution in [1.82, 2.24) is 0 Å². The quantitative estimate of drug-likeness (QED) is 0.416. The van der Waals surface area contributed by atoms with Crippen LogP contribution in [0.5, 0.6) is 11.5 Å². The minimum atomic E-state index is -5.56. The van der Waals surface area contributed by atoms with Gasteiger partial charge in [0.1, 0.15) is 11.5 Å². The van der Waals surface area contributed by atoms with Crippen LogP contribution in [-0.2, 0) is 10.7 Å². The molecule has 0 unspecified atom stereocenters. The number of carbonyl (C=O) groups is 1. The van der Waals surface area contributed by atoms with Gasteiger partial charge in [-0.05, 0) is 55.5 Å². The number of rotatable bonds is 7. The van der Waals surface area contributed by atoms with E-state index in [0.717, 1.165) is 12.1 Å². The number of esters is 1. The van der Waals surface area contributed by atoms with E-state index in [-0.39, 0.29) is 30.6 Å². The highest BCUT2D eigenvalue weighted by Crippen LogP contribution is 2.51. The number of hydrogen-bond acceptors (Lipinski definition) is 3. The standard InChI is InChI=1S/C19H16F6O3/c1-3-27-16(26)12-4-8-14(9-5-12)28-15-10-6-13(7-11-15)18(22,23)19(24,25)17(2,20)21/h4-11H,3H2,1-2H3. The summed E-state index contributed by atoms with van der Waals surface area (Å²) in [6, 6.07) is 8.74. The molecule has 3 nitrogen and oxygen atoms in total. The van der Waals surface area contributed by atoms with E-state index >= 15 is 0 Å². The van der Waals surface area contributed by atoms with Gasteiger partial charge in [-0.15, -0.1) is 0 Å². The van der Waals surface area contributed by atoms with Crippen LogP contribution in [0.3, 0.4) is 0 Å². The van der Waals surface area contributed by atoms with Crippen LogP contribution >= 0.6 is 0 Å². The normalized spacial score (nSPS) is 12.6. The van der Waals surface area contributed by atoms with Gasteiger partial charge in [0.25, 0.3) is 0 Å². The molecule has 0 aromatic heterocycles. The van der Waals surface area contributed by atoms with Crippen molar-refractivity contribution in [3.63, 3.8) is 0 Å². The van der Waals surface area contributed by atoms with Gasteiger partial charge in [-0.1, -0.05) is 0 Å². The highest BCUT2D eigenvalue weighted by Gasteiger charge is 2.69. The third kappa shape index (κ3) is 4.23. The Bertz CT molecular complexity index is 811. The molecule has 0 saturated heterocycles. The molecule has 2 rings (SSSR count). The van der Waals surface area contributed by atoms with Gasteiger partial charge in [0, 0.05) is 12.5 Å². The molecular weight excluding hydrogens is 390 g/mol. The Balaban J connectivity index is 2.16. The van der Waals surface area contributed by atoms with Gasteiger partial charge < -0.3 is 9.47 Å². The summed E-state index contributed by atoms with van der Waals surface area (Å²) in [6.45, 7) is 1.59. The number of alkyl halides is 6. The highest BCUT2D eigenvalue weighted by atomic mass is 19.3. The van der Waals surface area contributed by atoms with E-state index in [1.54, 1.807) is 6.92 Å². The molecule has 0 aliphatic heterocycles. The lowest BCUT2D eigenvalue weighted by molar-refractivity contribution is -0.308. The Morgan fingerprint density at radius 1 is 0.857 bits per heavy atom. The van der Waals surface area contributed by atoms with Crippen LogP contribution in [0.4, 0.5) is 26.3 Å². The summed E-state index contributed by atoms with van der Waals surface area (Å²) in [6.07, 6.45) is 0. The van der Waals surface area contributed by atoms with Crippen molar-refractivity contribution >= 4 is 5.97 Å². The maximum atomic E-state index is 13.9. The zero-order valence-electron chi connectivity index (χ0n) is 14.8. The Morgan fingerprint density at radius 3 is 1.75 bits per heavy atom. The summed E-state index contributed by atoms with van der Waals surface area (Å²) in [5, 5.41) is 0. The fourth-order valence-corrected chi connectivity index (χ4v) is 2.20. The molecule has 0 heterocycles. The average molecular weight is 406 g/mol. The van der Waals surface area contributed by atoms with E-state index in [0.29, 0.717) is 12.1 Å². The van der Waals surface area contributed by atoms with Gasteiger partial charge in [-0.25, -0.2) is 4.79 Å².